The molecule has 4 rings (SSSR count). The van der Waals surface area contributed by atoms with E-state index in [2.05, 4.69) is 18.2 Å². The molecule has 0 aliphatic carbocycles. The summed E-state index contributed by atoms with van der Waals surface area (Å²) in [6, 6.07) is 13.9. The third-order valence-electron chi connectivity index (χ3n) is 4.23. The zero-order chi connectivity index (χ0) is 16.0. The highest BCUT2D eigenvalue weighted by molar-refractivity contribution is 6.07. The Morgan fingerprint density at radius 3 is 2.70 bits per heavy atom. The molecule has 0 N–H and O–H groups in total. The Labute approximate surface area is 133 Å². The number of benzene rings is 2. The van der Waals surface area contributed by atoms with Crippen molar-refractivity contribution in [2.45, 2.75) is 13.3 Å². The lowest BCUT2D eigenvalue weighted by atomic mass is 10.1. The van der Waals surface area contributed by atoms with Crippen molar-refractivity contribution in [2.75, 3.05) is 11.4 Å². The number of hydrogen-bond acceptors (Lipinski definition) is 2. The Morgan fingerprint density at radius 2 is 1.91 bits per heavy atom. The van der Waals surface area contributed by atoms with Crippen molar-refractivity contribution in [3.05, 3.63) is 71.0 Å². The molecule has 3 aromatic rings. The number of anilines is 1. The summed E-state index contributed by atoms with van der Waals surface area (Å²) < 4.78 is 13.0. The van der Waals surface area contributed by atoms with Crippen LogP contribution in [-0.2, 0) is 6.42 Å². The molecule has 23 heavy (non-hydrogen) atoms. The first-order valence-corrected chi connectivity index (χ1v) is 7.59. The third kappa shape index (κ3) is 2.36. The second-order valence-corrected chi connectivity index (χ2v) is 5.88. The molecule has 0 saturated carbocycles. The van der Waals surface area contributed by atoms with Crippen molar-refractivity contribution < 1.29 is 9.18 Å². The van der Waals surface area contributed by atoms with Crippen molar-refractivity contribution in [2.24, 2.45) is 0 Å². The van der Waals surface area contributed by atoms with Gasteiger partial charge in [-0.15, -0.1) is 0 Å². The van der Waals surface area contributed by atoms with Crippen LogP contribution in [0, 0.1) is 12.7 Å². The zero-order valence-electron chi connectivity index (χ0n) is 12.7. The van der Waals surface area contributed by atoms with Crippen LogP contribution in [0.5, 0.6) is 0 Å². The molecular formula is C19H15FN2O. The molecule has 1 aromatic heterocycles. The molecule has 114 valence electrons. The summed E-state index contributed by atoms with van der Waals surface area (Å²) in [4.78, 5) is 19.1. The number of hydrogen-bond donors (Lipinski definition) is 0. The lowest BCUT2D eigenvalue weighted by molar-refractivity contribution is 0.0988. The molecule has 1 amide bonds. The first-order chi connectivity index (χ1) is 11.1. The molecule has 0 fully saturated rings. The first kappa shape index (κ1) is 13.9. The van der Waals surface area contributed by atoms with Crippen LogP contribution in [0.1, 0.15) is 21.5 Å². The van der Waals surface area contributed by atoms with Gasteiger partial charge < -0.3 is 0 Å². The topological polar surface area (TPSA) is 33.2 Å². The second kappa shape index (κ2) is 5.16. The highest BCUT2D eigenvalue weighted by Gasteiger charge is 2.27. The van der Waals surface area contributed by atoms with E-state index in [0.717, 1.165) is 34.3 Å². The third-order valence-corrected chi connectivity index (χ3v) is 4.23. The molecule has 4 heteroatoms. The highest BCUT2D eigenvalue weighted by Crippen LogP contribution is 2.30. The van der Waals surface area contributed by atoms with Crippen molar-refractivity contribution >= 4 is 22.6 Å². The van der Waals surface area contributed by atoms with Crippen molar-refractivity contribution in [3.8, 4) is 0 Å². The van der Waals surface area contributed by atoms with E-state index in [0.29, 0.717) is 12.1 Å². The number of rotatable bonds is 1. The fourth-order valence-electron chi connectivity index (χ4n) is 3.01. The molecule has 0 spiro atoms. The molecule has 2 aromatic carbocycles. The maximum atomic E-state index is 13.0. The standard InChI is InChI=1S/C19H15FN2O/c1-12-2-3-14-11-15-8-9-22(18(15)21-17(14)10-12)19(23)13-4-6-16(20)7-5-13/h2-7,10-11H,8-9H2,1H3. The molecular weight excluding hydrogens is 291 g/mol. The summed E-state index contributed by atoms with van der Waals surface area (Å²) in [5.74, 6) is 0.239. The molecule has 0 saturated heterocycles. The maximum Gasteiger partial charge on any atom is 0.259 e. The summed E-state index contributed by atoms with van der Waals surface area (Å²) in [5, 5.41) is 1.09. The summed E-state index contributed by atoms with van der Waals surface area (Å²) >= 11 is 0. The molecule has 1 aliphatic heterocycles. The van der Waals surface area contributed by atoms with Crippen LogP contribution in [0.4, 0.5) is 10.2 Å². The molecule has 3 nitrogen and oxygen atoms in total. The Bertz CT molecular complexity index is 919. The van der Waals surface area contributed by atoms with Crippen LogP contribution in [0.25, 0.3) is 10.9 Å². The van der Waals surface area contributed by atoms with E-state index in [-0.39, 0.29) is 11.7 Å². The van der Waals surface area contributed by atoms with E-state index < -0.39 is 0 Å². The number of carbonyl (C=O) groups is 1. The largest absolute Gasteiger partial charge is 0.292 e. The number of halogens is 1. The summed E-state index contributed by atoms with van der Waals surface area (Å²) in [5.41, 5.74) is 3.59. The Balaban J connectivity index is 1.77. The van der Waals surface area contributed by atoms with Gasteiger partial charge in [0.15, 0.2) is 0 Å². The summed E-state index contributed by atoms with van der Waals surface area (Å²) in [7, 11) is 0. The summed E-state index contributed by atoms with van der Waals surface area (Å²) in [6.45, 7) is 2.63. The van der Waals surface area contributed by atoms with Crippen LogP contribution >= 0.6 is 0 Å². The van der Waals surface area contributed by atoms with E-state index >= 15 is 0 Å². The molecule has 0 bridgehead atoms. The van der Waals surface area contributed by atoms with Crippen molar-refractivity contribution in [3.63, 3.8) is 0 Å². The lowest BCUT2D eigenvalue weighted by Gasteiger charge is -2.16. The fourth-order valence-corrected chi connectivity index (χ4v) is 3.01. The van der Waals surface area contributed by atoms with Gasteiger partial charge in [0.1, 0.15) is 11.6 Å². The zero-order valence-corrected chi connectivity index (χ0v) is 12.7. The Hall–Kier alpha value is -2.75. The van der Waals surface area contributed by atoms with Gasteiger partial charge in [-0.25, -0.2) is 9.37 Å². The minimum absolute atomic E-state index is 0.136. The minimum atomic E-state index is -0.344. The van der Waals surface area contributed by atoms with Gasteiger partial charge in [-0.1, -0.05) is 12.1 Å². The van der Waals surface area contributed by atoms with Gasteiger partial charge in [-0.05, 0) is 60.9 Å². The summed E-state index contributed by atoms with van der Waals surface area (Å²) in [6.07, 6.45) is 0.791. The van der Waals surface area contributed by atoms with E-state index in [1.807, 2.05) is 13.0 Å². The smallest absolute Gasteiger partial charge is 0.259 e. The van der Waals surface area contributed by atoms with Gasteiger partial charge >= 0.3 is 0 Å². The number of pyridine rings is 1. The van der Waals surface area contributed by atoms with Crippen LogP contribution in [0.15, 0.2) is 48.5 Å². The van der Waals surface area contributed by atoms with Gasteiger partial charge in [0.2, 0.25) is 0 Å². The maximum absolute atomic E-state index is 13.0. The molecule has 1 aliphatic rings. The number of nitrogens with zero attached hydrogens (tertiary/aromatic N) is 2. The van der Waals surface area contributed by atoms with Crippen LogP contribution in [-0.4, -0.2) is 17.4 Å². The van der Waals surface area contributed by atoms with Crippen LogP contribution in [0.2, 0.25) is 0 Å². The Kier molecular flexibility index (Phi) is 3.11. The number of amides is 1. The normalized spacial score (nSPS) is 13.4. The van der Waals surface area contributed by atoms with Gasteiger partial charge in [-0.2, -0.15) is 0 Å². The number of fused-ring (bicyclic) bond motifs is 2. The molecule has 0 atom stereocenters. The average molecular weight is 306 g/mol. The number of carbonyl (C=O) groups excluding carboxylic acids is 1. The van der Waals surface area contributed by atoms with E-state index in [9.17, 15) is 9.18 Å². The van der Waals surface area contributed by atoms with Crippen LogP contribution in [0.3, 0.4) is 0 Å². The van der Waals surface area contributed by atoms with Gasteiger partial charge in [0.25, 0.3) is 5.91 Å². The van der Waals surface area contributed by atoms with Crippen LogP contribution < -0.4 is 4.90 Å². The Morgan fingerprint density at radius 1 is 1.13 bits per heavy atom. The van der Waals surface area contributed by atoms with Crippen molar-refractivity contribution in [1.82, 2.24) is 4.98 Å². The second-order valence-electron chi connectivity index (χ2n) is 5.88. The monoisotopic (exact) mass is 306 g/mol. The van der Waals surface area contributed by atoms with Gasteiger partial charge in [-0.3, -0.25) is 9.69 Å². The van der Waals surface area contributed by atoms with Crippen molar-refractivity contribution in [1.29, 1.82) is 0 Å². The van der Waals surface area contributed by atoms with E-state index in [1.165, 1.54) is 24.3 Å². The minimum Gasteiger partial charge on any atom is -0.292 e. The van der Waals surface area contributed by atoms with Gasteiger partial charge in [0, 0.05) is 17.5 Å². The average Bonchev–Trinajstić information content (AvgIpc) is 2.95. The number of aryl methyl sites for hydroxylation is 1. The predicted octanol–water partition coefficient (Wildman–Crippen LogP) is 3.89. The lowest BCUT2D eigenvalue weighted by Crippen LogP contribution is -2.29. The van der Waals surface area contributed by atoms with E-state index in [1.54, 1.807) is 4.90 Å². The molecule has 2 heterocycles. The van der Waals surface area contributed by atoms with E-state index in [4.69, 9.17) is 4.98 Å². The molecule has 0 radical (unpaired) electrons. The molecule has 0 unspecified atom stereocenters. The predicted molar refractivity (Wildman–Crippen MR) is 88.3 cm³/mol. The van der Waals surface area contributed by atoms with Gasteiger partial charge in [0.05, 0.1) is 5.52 Å². The first-order valence-electron chi connectivity index (χ1n) is 7.59. The fraction of sp³-hybridized carbons (Fsp3) is 0.158. The number of aromatic nitrogens is 1. The quantitative estimate of drug-likeness (QED) is 0.683. The SMILES string of the molecule is Cc1ccc2cc3c(nc2c1)N(C(=O)c1ccc(F)cc1)CC3. The highest BCUT2D eigenvalue weighted by atomic mass is 19.1.